The Morgan fingerprint density at radius 3 is 2.67 bits per heavy atom. The molecule has 2 saturated carbocycles. The highest BCUT2D eigenvalue weighted by atomic mass is 16.5. The van der Waals surface area contributed by atoms with Crippen molar-refractivity contribution in [1.29, 1.82) is 0 Å². The Bertz CT molecular complexity index is 445. The van der Waals surface area contributed by atoms with Crippen molar-refractivity contribution in [3.8, 4) is 5.75 Å². The number of hydrogen-bond acceptors (Lipinski definition) is 3. The average Bonchev–Trinajstić information content (AvgIpc) is 3.14. The Labute approximate surface area is 127 Å². The van der Waals surface area contributed by atoms with Gasteiger partial charge in [-0.1, -0.05) is 25.5 Å². The van der Waals surface area contributed by atoms with E-state index in [0.29, 0.717) is 19.2 Å². The van der Waals surface area contributed by atoms with Crippen molar-refractivity contribution in [2.45, 2.75) is 51.2 Å². The molecular weight excluding hydrogens is 262 g/mol. The summed E-state index contributed by atoms with van der Waals surface area (Å²) in [4.78, 5) is 0. The summed E-state index contributed by atoms with van der Waals surface area (Å²) in [6.07, 6.45) is 6.09. The van der Waals surface area contributed by atoms with Crippen LogP contribution < -0.4 is 10.1 Å². The number of benzene rings is 1. The second-order valence-corrected chi connectivity index (χ2v) is 6.65. The maximum Gasteiger partial charge on any atom is 0.119 e. The monoisotopic (exact) mass is 289 g/mol. The molecule has 116 valence electrons. The molecule has 4 unspecified atom stereocenters. The number of fused-ring (bicyclic) bond motifs is 2. The van der Waals surface area contributed by atoms with E-state index >= 15 is 0 Å². The van der Waals surface area contributed by atoms with Gasteiger partial charge in [0.2, 0.25) is 0 Å². The topological polar surface area (TPSA) is 41.5 Å². The molecule has 3 heteroatoms. The molecule has 0 saturated heterocycles. The number of nitrogens with one attached hydrogen (secondary N) is 1. The SMILES string of the molecule is CCc1ccc(OCC(O)CNC2CC3CCC2C3)cc1. The van der Waals surface area contributed by atoms with Gasteiger partial charge < -0.3 is 15.2 Å². The van der Waals surface area contributed by atoms with Crippen LogP contribution >= 0.6 is 0 Å². The highest BCUT2D eigenvalue weighted by Gasteiger charge is 2.39. The van der Waals surface area contributed by atoms with Gasteiger partial charge in [-0.05, 0) is 55.2 Å². The van der Waals surface area contributed by atoms with Crippen molar-refractivity contribution in [2.24, 2.45) is 11.8 Å². The Morgan fingerprint density at radius 2 is 2.05 bits per heavy atom. The van der Waals surface area contributed by atoms with Crippen LogP contribution in [0.15, 0.2) is 24.3 Å². The highest BCUT2D eigenvalue weighted by Crippen LogP contribution is 2.44. The molecule has 0 radical (unpaired) electrons. The number of ether oxygens (including phenoxy) is 1. The lowest BCUT2D eigenvalue weighted by atomic mass is 9.95. The molecule has 1 aromatic carbocycles. The van der Waals surface area contributed by atoms with Crippen LogP contribution in [0, 0.1) is 11.8 Å². The summed E-state index contributed by atoms with van der Waals surface area (Å²) in [6, 6.07) is 8.75. The summed E-state index contributed by atoms with van der Waals surface area (Å²) >= 11 is 0. The van der Waals surface area contributed by atoms with Gasteiger partial charge >= 0.3 is 0 Å². The number of aliphatic hydroxyl groups excluding tert-OH is 1. The maximum atomic E-state index is 10.1. The highest BCUT2D eigenvalue weighted by molar-refractivity contribution is 5.27. The Morgan fingerprint density at radius 1 is 1.24 bits per heavy atom. The summed E-state index contributed by atoms with van der Waals surface area (Å²) in [6.45, 7) is 3.14. The first-order valence-corrected chi connectivity index (χ1v) is 8.37. The quantitative estimate of drug-likeness (QED) is 0.811. The van der Waals surface area contributed by atoms with Crippen molar-refractivity contribution >= 4 is 0 Å². The van der Waals surface area contributed by atoms with Crippen LogP contribution in [-0.2, 0) is 6.42 Å². The third kappa shape index (κ3) is 3.78. The molecule has 3 rings (SSSR count). The second-order valence-electron chi connectivity index (χ2n) is 6.65. The van der Waals surface area contributed by atoms with Gasteiger partial charge in [-0.15, -0.1) is 0 Å². The predicted octanol–water partition coefficient (Wildman–Crippen LogP) is 2.77. The first-order valence-electron chi connectivity index (χ1n) is 8.37. The average molecular weight is 289 g/mol. The van der Waals surface area contributed by atoms with Gasteiger partial charge in [0.15, 0.2) is 0 Å². The van der Waals surface area contributed by atoms with Gasteiger partial charge in [0.1, 0.15) is 18.5 Å². The van der Waals surface area contributed by atoms with Crippen LogP contribution in [0.3, 0.4) is 0 Å². The molecule has 2 fully saturated rings. The predicted molar refractivity (Wildman–Crippen MR) is 84.6 cm³/mol. The van der Waals surface area contributed by atoms with E-state index in [9.17, 15) is 5.11 Å². The molecule has 2 aliphatic carbocycles. The fraction of sp³-hybridized carbons (Fsp3) is 0.667. The minimum Gasteiger partial charge on any atom is -0.491 e. The molecule has 4 atom stereocenters. The zero-order chi connectivity index (χ0) is 14.7. The van der Waals surface area contributed by atoms with Gasteiger partial charge in [0, 0.05) is 12.6 Å². The summed E-state index contributed by atoms with van der Waals surface area (Å²) < 4.78 is 5.65. The smallest absolute Gasteiger partial charge is 0.119 e. The summed E-state index contributed by atoms with van der Waals surface area (Å²) in [5.41, 5.74) is 1.31. The van der Waals surface area contributed by atoms with Crippen LogP contribution in [0.5, 0.6) is 5.75 Å². The Balaban J connectivity index is 1.37. The lowest BCUT2D eigenvalue weighted by Gasteiger charge is -2.24. The van der Waals surface area contributed by atoms with Crippen molar-refractivity contribution < 1.29 is 9.84 Å². The van der Waals surface area contributed by atoms with E-state index in [2.05, 4.69) is 24.4 Å². The van der Waals surface area contributed by atoms with Gasteiger partial charge in [-0.25, -0.2) is 0 Å². The van der Waals surface area contributed by atoms with Gasteiger partial charge in [0.05, 0.1) is 0 Å². The standard InChI is InChI=1S/C18H27NO2/c1-2-13-4-7-17(8-5-13)21-12-16(20)11-19-18-10-14-3-6-15(18)9-14/h4-5,7-8,14-16,18-20H,2-3,6,9-12H2,1H3. The second kappa shape index (κ2) is 6.80. The molecule has 0 aromatic heterocycles. The number of aliphatic hydroxyl groups is 1. The minimum atomic E-state index is -0.435. The van der Waals surface area contributed by atoms with Crippen molar-refractivity contribution in [3.63, 3.8) is 0 Å². The number of aryl methyl sites for hydroxylation is 1. The zero-order valence-electron chi connectivity index (χ0n) is 12.9. The fourth-order valence-corrected chi connectivity index (χ4v) is 3.85. The molecule has 2 aliphatic rings. The molecular formula is C18H27NO2. The number of hydrogen-bond donors (Lipinski definition) is 2. The van der Waals surface area contributed by atoms with Crippen molar-refractivity contribution in [3.05, 3.63) is 29.8 Å². The molecule has 0 spiro atoms. The van der Waals surface area contributed by atoms with Gasteiger partial charge in [-0.2, -0.15) is 0 Å². The summed E-state index contributed by atoms with van der Waals surface area (Å²) in [7, 11) is 0. The lowest BCUT2D eigenvalue weighted by molar-refractivity contribution is 0.101. The van der Waals surface area contributed by atoms with E-state index in [4.69, 9.17) is 4.74 Å². The van der Waals surface area contributed by atoms with Crippen molar-refractivity contribution in [1.82, 2.24) is 5.32 Å². The lowest BCUT2D eigenvalue weighted by Crippen LogP contribution is -2.40. The molecule has 21 heavy (non-hydrogen) atoms. The van der Waals surface area contributed by atoms with E-state index in [-0.39, 0.29) is 0 Å². The van der Waals surface area contributed by atoms with E-state index in [1.807, 2.05) is 12.1 Å². The van der Waals surface area contributed by atoms with Crippen LogP contribution in [0.2, 0.25) is 0 Å². The van der Waals surface area contributed by atoms with E-state index in [1.165, 1.54) is 31.2 Å². The Kier molecular flexibility index (Phi) is 4.81. The fourth-order valence-electron chi connectivity index (χ4n) is 3.85. The molecule has 0 amide bonds. The van der Waals surface area contributed by atoms with Crippen LogP contribution in [0.4, 0.5) is 0 Å². The van der Waals surface area contributed by atoms with Gasteiger partial charge in [0.25, 0.3) is 0 Å². The Hall–Kier alpha value is -1.06. The van der Waals surface area contributed by atoms with E-state index < -0.39 is 6.10 Å². The normalized spacial score (nSPS) is 28.8. The maximum absolute atomic E-state index is 10.1. The zero-order valence-corrected chi connectivity index (χ0v) is 12.9. The van der Waals surface area contributed by atoms with Crippen molar-refractivity contribution in [2.75, 3.05) is 13.2 Å². The molecule has 3 nitrogen and oxygen atoms in total. The van der Waals surface area contributed by atoms with Gasteiger partial charge in [-0.3, -0.25) is 0 Å². The molecule has 2 N–H and O–H groups in total. The third-order valence-electron chi connectivity index (χ3n) is 5.13. The first kappa shape index (κ1) is 14.9. The summed E-state index contributed by atoms with van der Waals surface area (Å²) in [5.74, 6) is 2.63. The molecule has 0 heterocycles. The minimum absolute atomic E-state index is 0.360. The number of rotatable bonds is 7. The van der Waals surface area contributed by atoms with E-state index in [0.717, 1.165) is 24.0 Å². The van der Waals surface area contributed by atoms with Crippen LogP contribution in [0.1, 0.15) is 38.2 Å². The van der Waals surface area contributed by atoms with E-state index in [1.54, 1.807) is 0 Å². The molecule has 1 aromatic rings. The van der Waals surface area contributed by atoms with Crippen LogP contribution in [0.25, 0.3) is 0 Å². The third-order valence-corrected chi connectivity index (χ3v) is 5.13. The molecule has 0 aliphatic heterocycles. The summed E-state index contributed by atoms with van der Waals surface area (Å²) in [5, 5.41) is 13.6. The van der Waals surface area contributed by atoms with Crippen LogP contribution in [-0.4, -0.2) is 30.4 Å². The first-order chi connectivity index (χ1) is 10.2. The largest absolute Gasteiger partial charge is 0.491 e. The molecule has 2 bridgehead atoms.